The Bertz CT molecular complexity index is 581. The number of carbonyl (C=O) groups excluding carboxylic acids is 1. The van der Waals surface area contributed by atoms with E-state index in [2.05, 4.69) is 4.79 Å². The zero-order valence-corrected chi connectivity index (χ0v) is 11.3. The highest BCUT2D eigenvalue weighted by Crippen LogP contribution is 2.34. The third-order valence-electron chi connectivity index (χ3n) is 3.64. The molecule has 0 N–H and O–H groups in total. The molecule has 7 heteroatoms. The summed E-state index contributed by atoms with van der Waals surface area (Å²) in [5.74, 6) is -2.38. The maximum atomic E-state index is 11.7. The van der Waals surface area contributed by atoms with Crippen LogP contribution in [0.1, 0.15) is 37.2 Å². The first kappa shape index (κ1) is 14.9. The van der Waals surface area contributed by atoms with Gasteiger partial charge in [-0.05, 0) is 24.8 Å². The molecule has 110 valence electrons. The lowest BCUT2D eigenvalue weighted by atomic mass is 9.81. The van der Waals surface area contributed by atoms with Gasteiger partial charge in [0.2, 0.25) is 0 Å². The molecule has 0 heterocycles. The molecule has 0 radical (unpaired) electrons. The lowest BCUT2D eigenvalue weighted by molar-refractivity contribution is -0.384. The van der Waals surface area contributed by atoms with Crippen LogP contribution >= 0.6 is 0 Å². The van der Waals surface area contributed by atoms with Gasteiger partial charge in [0.15, 0.2) is 4.92 Å². The lowest BCUT2D eigenvalue weighted by Crippen LogP contribution is -2.34. The third kappa shape index (κ3) is 3.52. The Labute approximate surface area is 121 Å². The summed E-state index contributed by atoms with van der Waals surface area (Å²) in [6, 6.07) is 9.61. The fourth-order valence-corrected chi connectivity index (χ4v) is 2.66. The van der Waals surface area contributed by atoms with Crippen LogP contribution in [0.25, 0.3) is 5.53 Å². The molecular weight excluding hydrogens is 274 g/mol. The van der Waals surface area contributed by atoms with Crippen LogP contribution in [-0.2, 0) is 9.53 Å². The van der Waals surface area contributed by atoms with Gasteiger partial charge in [-0.2, -0.15) is 0 Å². The molecule has 1 fully saturated rings. The summed E-state index contributed by atoms with van der Waals surface area (Å²) in [5.41, 5.74) is 9.57. The predicted octanol–water partition coefficient (Wildman–Crippen LogP) is 2.16. The SMILES string of the molecule is [N-]=[N+]=C(C(=O)O[C@H]1CCCC[C@@H]1c1ccccc1)[N+](=O)[O-]. The number of carbonyl (C=O) groups is 1. The molecule has 1 aromatic carbocycles. The van der Waals surface area contributed by atoms with Crippen LogP contribution in [0.15, 0.2) is 30.3 Å². The van der Waals surface area contributed by atoms with Crippen LogP contribution in [0.4, 0.5) is 0 Å². The smallest absolute Gasteiger partial charge is 0.448 e. The fourth-order valence-electron chi connectivity index (χ4n) is 2.66. The largest absolute Gasteiger partial charge is 0.690 e. The van der Waals surface area contributed by atoms with Crippen molar-refractivity contribution in [3.05, 3.63) is 51.5 Å². The number of nitrogens with zero attached hydrogens (tertiary/aromatic N) is 3. The maximum Gasteiger partial charge on any atom is 0.690 e. The van der Waals surface area contributed by atoms with Gasteiger partial charge in [0.05, 0.1) is 0 Å². The number of benzene rings is 1. The number of hydrogen-bond donors (Lipinski definition) is 0. The van der Waals surface area contributed by atoms with Crippen LogP contribution in [0.3, 0.4) is 0 Å². The fraction of sp³-hybridized carbons (Fsp3) is 0.429. The first-order valence-corrected chi connectivity index (χ1v) is 6.76. The number of nitro groups is 1. The van der Waals surface area contributed by atoms with Crippen molar-refractivity contribution in [1.29, 1.82) is 0 Å². The minimum absolute atomic E-state index is 0.00981. The van der Waals surface area contributed by atoms with Crippen molar-refractivity contribution in [2.45, 2.75) is 37.7 Å². The van der Waals surface area contributed by atoms with Crippen LogP contribution in [0, 0.1) is 10.1 Å². The van der Waals surface area contributed by atoms with Crippen LogP contribution in [0.2, 0.25) is 0 Å². The minimum Gasteiger partial charge on any atom is -0.448 e. The molecule has 0 aromatic heterocycles. The Morgan fingerprint density at radius 1 is 1.29 bits per heavy atom. The number of esters is 1. The summed E-state index contributed by atoms with van der Waals surface area (Å²) in [5, 5.41) is 10.6. The van der Waals surface area contributed by atoms with Crippen molar-refractivity contribution in [3.63, 3.8) is 0 Å². The van der Waals surface area contributed by atoms with E-state index in [0.29, 0.717) is 6.42 Å². The Kier molecular flexibility index (Phi) is 4.79. The lowest BCUT2D eigenvalue weighted by Gasteiger charge is -2.30. The van der Waals surface area contributed by atoms with Gasteiger partial charge >= 0.3 is 11.8 Å². The second-order valence-corrected chi connectivity index (χ2v) is 4.93. The molecule has 21 heavy (non-hydrogen) atoms. The molecular formula is C14H15N3O4. The number of rotatable bonds is 2. The minimum atomic E-state index is -1.20. The normalized spacial score (nSPS) is 21.1. The van der Waals surface area contributed by atoms with Crippen LogP contribution < -0.4 is 0 Å². The first-order valence-electron chi connectivity index (χ1n) is 6.76. The van der Waals surface area contributed by atoms with Gasteiger partial charge in [0.25, 0.3) is 0 Å². The summed E-state index contributed by atoms with van der Waals surface area (Å²) < 4.78 is 5.20. The van der Waals surface area contributed by atoms with Gasteiger partial charge in [-0.1, -0.05) is 41.5 Å². The molecule has 1 aromatic rings. The topological polar surface area (TPSA) is 106 Å². The quantitative estimate of drug-likeness (QED) is 0.158. The van der Waals surface area contributed by atoms with Gasteiger partial charge in [-0.15, -0.1) is 0 Å². The average Bonchev–Trinajstić information content (AvgIpc) is 2.49. The molecule has 7 nitrogen and oxygen atoms in total. The highest BCUT2D eigenvalue weighted by Gasteiger charge is 2.40. The monoisotopic (exact) mass is 289 g/mol. The van der Waals surface area contributed by atoms with E-state index >= 15 is 0 Å². The van der Waals surface area contributed by atoms with Crippen molar-refractivity contribution in [1.82, 2.24) is 0 Å². The van der Waals surface area contributed by atoms with Gasteiger partial charge in [0.1, 0.15) is 6.10 Å². The molecule has 0 bridgehead atoms. The second kappa shape index (κ2) is 6.76. The van der Waals surface area contributed by atoms with Crippen molar-refractivity contribution in [3.8, 4) is 0 Å². The Morgan fingerprint density at radius 2 is 1.95 bits per heavy atom. The molecule has 1 aliphatic rings. The van der Waals surface area contributed by atoms with E-state index in [1.807, 2.05) is 30.3 Å². The Morgan fingerprint density at radius 3 is 2.57 bits per heavy atom. The number of amidine groups is 1. The predicted molar refractivity (Wildman–Crippen MR) is 73.2 cm³/mol. The van der Waals surface area contributed by atoms with E-state index in [4.69, 9.17) is 10.3 Å². The molecule has 1 saturated carbocycles. The summed E-state index contributed by atoms with van der Waals surface area (Å²) in [6.07, 6.45) is 2.97. The van der Waals surface area contributed by atoms with Crippen LogP contribution in [-0.4, -0.2) is 27.6 Å². The molecule has 0 amide bonds. The molecule has 0 saturated heterocycles. The summed E-state index contributed by atoms with van der Waals surface area (Å²) >= 11 is 0. The zero-order valence-electron chi connectivity index (χ0n) is 11.3. The zero-order chi connectivity index (χ0) is 15.2. The molecule has 0 unspecified atom stereocenters. The Hall–Kier alpha value is -2.53. The summed E-state index contributed by atoms with van der Waals surface area (Å²) in [7, 11) is 0. The van der Waals surface area contributed by atoms with Crippen molar-refractivity contribution in [2.24, 2.45) is 0 Å². The second-order valence-electron chi connectivity index (χ2n) is 4.93. The van der Waals surface area contributed by atoms with Crippen LogP contribution in [0.5, 0.6) is 0 Å². The number of ether oxygens (including phenoxy) is 1. The van der Waals surface area contributed by atoms with E-state index in [0.717, 1.165) is 24.8 Å². The van der Waals surface area contributed by atoms with E-state index in [9.17, 15) is 14.9 Å². The van der Waals surface area contributed by atoms with Crippen molar-refractivity contribution >= 4 is 11.8 Å². The summed E-state index contributed by atoms with van der Waals surface area (Å²) in [4.78, 5) is 23.6. The Balaban J connectivity index is 2.15. The third-order valence-corrected chi connectivity index (χ3v) is 3.64. The maximum absolute atomic E-state index is 11.7. The molecule has 1 aliphatic carbocycles. The van der Waals surface area contributed by atoms with Gasteiger partial charge in [-0.3, -0.25) is 10.1 Å². The number of hydrogen-bond acceptors (Lipinski definition) is 4. The molecule has 0 aliphatic heterocycles. The van der Waals surface area contributed by atoms with Crippen molar-refractivity contribution < 1.29 is 19.2 Å². The van der Waals surface area contributed by atoms with Gasteiger partial charge in [-0.25, -0.2) is 4.79 Å². The molecule has 0 spiro atoms. The van der Waals surface area contributed by atoms with E-state index in [1.165, 1.54) is 0 Å². The molecule has 2 atom stereocenters. The standard InChI is InChI=1S/C14H15N3O4/c15-16-13(17(19)20)14(18)21-12-9-5-4-8-11(12)10-6-2-1-3-7-10/h1-3,6-7,11-12H,4-5,8-9H2/t11-,12+/m1/s1. The highest BCUT2D eigenvalue weighted by atomic mass is 16.6. The average molecular weight is 289 g/mol. The van der Waals surface area contributed by atoms with E-state index < -0.39 is 22.8 Å². The highest BCUT2D eigenvalue weighted by molar-refractivity contribution is 6.28. The first-order chi connectivity index (χ1) is 10.1. The summed E-state index contributed by atoms with van der Waals surface area (Å²) in [6.45, 7) is 0. The van der Waals surface area contributed by atoms with E-state index in [1.54, 1.807) is 0 Å². The molecule has 2 rings (SSSR count). The van der Waals surface area contributed by atoms with Crippen molar-refractivity contribution in [2.75, 3.05) is 0 Å². The van der Waals surface area contributed by atoms with E-state index in [-0.39, 0.29) is 5.92 Å². The van der Waals surface area contributed by atoms with Gasteiger partial charge in [0, 0.05) is 5.92 Å². The van der Waals surface area contributed by atoms with Gasteiger partial charge < -0.3 is 10.3 Å².